The predicted octanol–water partition coefficient (Wildman–Crippen LogP) is 3.95. The molecule has 4 rings (SSSR count). The van der Waals surface area contributed by atoms with Crippen LogP contribution in [-0.2, 0) is 32.6 Å². The van der Waals surface area contributed by atoms with E-state index < -0.39 is 10.0 Å². The first-order valence-electron chi connectivity index (χ1n) is 12.2. The molecule has 182 valence electrons. The van der Waals surface area contributed by atoms with E-state index in [4.69, 9.17) is 0 Å². The quantitative estimate of drug-likeness (QED) is 0.616. The SMILES string of the molecule is O=C(CCc1ccc(S(=O)(=O)N2CCCCCC2)cc1)Nc1cccc(CN2CCCC2=O)c1. The highest BCUT2D eigenvalue weighted by atomic mass is 32.2. The maximum atomic E-state index is 12.9. The molecule has 0 radical (unpaired) electrons. The van der Waals surface area contributed by atoms with Crippen molar-refractivity contribution in [1.29, 1.82) is 0 Å². The molecule has 2 amide bonds. The van der Waals surface area contributed by atoms with Crippen LogP contribution in [0.1, 0.15) is 56.1 Å². The number of aryl methyl sites for hydroxylation is 1. The number of anilines is 1. The van der Waals surface area contributed by atoms with Crippen molar-refractivity contribution >= 4 is 27.5 Å². The lowest BCUT2D eigenvalue weighted by molar-refractivity contribution is -0.128. The van der Waals surface area contributed by atoms with Crippen LogP contribution in [0.5, 0.6) is 0 Å². The van der Waals surface area contributed by atoms with Crippen molar-refractivity contribution in [2.45, 2.75) is 62.8 Å². The summed E-state index contributed by atoms with van der Waals surface area (Å²) in [4.78, 5) is 26.5. The van der Waals surface area contributed by atoms with Gasteiger partial charge in [-0.2, -0.15) is 4.31 Å². The minimum atomic E-state index is -3.46. The summed E-state index contributed by atoms with van der Waals surface area (Å²) < 4.78 is 27.4. The molecule has 0 bridgehead atoms. The number of hydrogen-bond donors (Lipinski definition) is 1. The van der Waals surface area contributed by atoms with E-state index in [9.17, 15) is 18.0 Å². The summed E-state index contributed by atoms with van der Waals surface area (Å²) in [6, 6.07) is 14.5. The fraction of sp³-hybridized carbons (Fsp3) is 0.462. The maximum absolute atomic E-state index is 12.9. The molecule has 7 nitrogen and oxygen atoms in total. The molecule has 2 saturated heterocycles. The Morgan fingerprint density at radius 1 is 0.882 bits per heavy atom. The second-order valence-electron chi connectivity index (χ2n) is 9.13. The van der Waals surface area contributed by atoms with Crippen molar-refractivity contribution < 1.29 is 18.0 Å². The highest BCUT2D eigenvalue weighted by Crippen LogP contribution is 2.21. The Balaban J connectivity index is 1.29. The third kappa shape index (κ3) is 6.24. The van der Waals surface area contributed by atoms with Gasteiger partial charge in [0.15, 0.2) is 0 Å². The van der Waals surface area contributed by atoms with Crippen molar-refractivity contribution in [2.24, 2.45) is 0 Å². The molecule has 2 heterocycles. The molecule has 0 unspecified atom stereocenters. The molecule has 0 aliphatic carbocycles. The first-order valence-corrected chi connectivity index (χ1v) is 13.6. The Labute approximate surface area is 202 Å². The molecular weight excluding hydrogens is 450 g/mol. The van der Waals surface area contributed by atoms with Crippen LogP contribution in [0.25, 0.3) is 0 Å². The smallest absolute Gasteiger partial charge is 0.243 e. The van der Waals surface area contributed by atoms with Gasteiger partial charge < -0.3 is 10.2 Å². The zero-order chi connectivity index (χ0) is 24.0. The minimum absolute atomic E-state index is 0.101. The zero-order valence-corrected chi connectivity index (χ0v) is 20.4. The number of rotatable bonds is 8. The van der Waals surface area contributed by atoms with Crippen molar-refractivity contribution in [3.05, 3.63) is 59.7 Å². The Morgan fingerprint density at radius 2 is 1.62 bits per heavy atom. The molecule has 0 atom stereocenters. The number of nitrogens with zero attached hydrogens (tertiary/aromatic N) is 2. The van der Waals surface area contributed by atoms with Crippen LogP contribution in [0.2, 0.25) is 0 Å². The summed E-state index contributed by atoms with van der Waals surface area (Å²) in [6.45, 7) is 2.52. The van der Waals surface area contributed by atoms with E-state index in [1.54, 1.807) is 28.6 Å². The molecule has 2 aliphatic rings. The second kappa shape index (κ2) is 11.1. The molecule has 0 aromatic heterocycles. The van der Waals surface area contributed by atoms with Crippen LogP contribution in [0.4, 0.5) is 5.69 Å². The van der Waals surface area contributed by atoms with Gasteiger partial charge in [0.1, 0.15) is 0 Å². The molecular formula is C26H33N3O4S. The molecule has 8 heteroatoms. The summed E-state index contributed by atoms with van der Waals surface area (Å²) in [6.07, 6.45) is 6.31. The normalized spacial score (nSPS) is 17.5. The largest absolute Gasteiger partial charge is 0.338 e. The van der Waals surface area contributed by atoms with E-state index in [1.807, 2.05) is 29.2 Å². The zero-order valence-electron chi connectivity index (χ0n) is 19.5. The van der Waals surface area contributed by atoms with E-state index in [0.717, 1.165) is 49.8 Å². The molecule has 2 aromatic rings. The van der Waals surface area contributed by atoms with E-state index in [-0.39, 0.29) is 11.8 Å². The van der Waals surface area contributed by atoms with Gasteiger partial charge in [-0.25, -0.2) is 8.42 Å². The van der Waals surface area contributed by atoms with Gasteiger partial charge in [0.2, 0.25) is 21.8 Å². The Morgan fingerprint density at radius 3 is 2.29 bits per heavy atom. The fourth-order valence-corrected chi connectivity index (χ4v) is 6.10. The molecule has 0 saturated carbocycles. The number of sulfonamides is 1. The van der Waals surface area contributed by atoms with Crippen LogP contribution < -0.4 is 5.32 Å². The average molecular weight is 484 g/mol. The average Bonchev–Trinajstić information content (AvgIpc) is 3.05. The van der Waals surface area contributed by atoms with Crippen LogP contribution in [-0.4, -0.2) is 49.1 Å². The second-order valence-corrected chi connectivity index (χ2v) is 11.1. The maximum Gasteiger partial charge on any atom is 0.243 e. The lowest BCUT2D eigenvalue weighted by atomic mass is 10.1. The minimum Gasteiger partial charge on any atom is -0.338 e. The number of benzene rings is 2. The van der Waals surface area contributed by atoms with Crippen molar-refractivity contribution in [1.82, 2.24) is 9.21 Å². The van der Waals surface area contributed by atoms with E-state index in [1.165, 1.54) is 0 Å². The van der Waals surface area contributed by atoms with Crippen LogP contribution in [0, 0.1) is 0 Å². The highest BCUT2D eigenvalue weighted by Gasteiger charge is 2.25. The van der Waals surface area contributed by atoms with E-state index >= 15 is 0 Å². The van der Waals surface area contributed by atoms with Gasteiger partial charge >= 0.3 is 0 Å². The lowest BCUT2D eigenvalue weighted by Gasteiger charge is -2.20. The Hall–Kier alpha value is -2.71. The van der Waals surface area contributed by atoms with Gasteiger partial charge in [-0.3, -0.25) is 9.59 Å². The number of carbonyl (C=O) groups is 2. The summed E-state index contributed by atoms with van der Waals surface area (Å²) in [5, 5.41) is 2.93. The molecule has 34 heavy (non-hydrogen) atoms. The number of carbonyl (C=O) groups excluding carboxylic acids is 2. The molecule has 2 aromatic carbocycles. The molecule has 0 spiro atoms. The summed E-state index contributed by atoms with van der Waals surface area (Å²) >= 11 is 0. The van der Waals surface area contributed by atoms with Gasteiger partial charge in [0.25, 0.3) is 0 Å². The first kappa shape index (κ1) is 24.4. The third-order valence-corrected chi connectivity index (χ3v) is 8.44. The van der Waals surface area contributed by atoms with Crippen molar-refractivity contribution in [2.75, 3.05) is 25.0 Å². The molecule has 2 fully saturated rings. The standard InChI is InChI=1S/C26H33N3O4S/c30-25(27-23-8-5-7-22(19-23)20-28-16-6-9-26(28)31)15-12-21-10-13-24(14-11-21)34(32,33)29-17-3-1-2-4-18-29/h5,7-8,10-11,13-14,19H,1-4,6,9,12,15-18,20H2,(H,27,30). The predicted molar refractivity (Wildman–Crippen MR) is 132 cm³/mol. The molecule has 2 aliphatic heterocycles. The Bertz CT molecular complexity index is 1110. The number of nitrogens with one attached hydrogen (secondary N) is 1. The molecule has 1 N–H and O–H groups in total. The summed E-state index contributed by atoms with van der Waals surface area (Å²) in [5.41, 5.74) is 2.63. The summed E-state index contributed by atoms with van der Waals surface area (Å²) in [5.74, 6) is 0.0790. The summed E-state index contributed by atoms with van der Waals surface area (Å²) in [7, 11) is -3.46. The van der Waals surface area contributed by atoms with Gasteiger partial charge in [-0.1, -0.05) is 37.1 Å². The van der Waals surface area contributed by atoms with Gasteiger partial charge in [-0.05, 0) is 61.1 Å². The lowest BCUT2D eigenvalue weighted by Crippen LogP contribution is -2.31. The topological polar surface area (TPSA) is 86.8 Å². The number of hydrogen-bond acceptors (Lipinski definition) is 4. The highest BCUT2D eigenvalue weighted by molar-refractivity contribution is 7.89. The first-order chi connectivity index (χ1) is 16.4. The van der Waals surface area contributed by atoms with Crippen molar-refractivity contribution in [3.63, 3.8) is 0 Å². The number of likely N-dealkylation sites (tertiary alicyclic amines) is 1. The Kier molecular flexibility index (Phi) is 8.00. The van der Waals surface area contributed by atoms with E-state index in [0.29, 0.717) is 49.5 Å². The number of amides is 2. The van der Waals surface area contributed by atoms with E-state index in [2.05, 4.69) is 5.32 Å². The van der Waals surface area contributed by atoms with Crippen LogP contribution in [0.15, 0.2) is 53.4 Å². The monoisotopic (exact) mass is 483 g/mol. The fourth-order valence-electron chi connectivity index (χ4n) is 4.58. The van der Waals surface area contributed by atoms with Crippen LogP contribution in [0.3, 0.4) is 0 Å². The van der Waals surface area contributed by atoms with Crippen molar-refractivity contribution in [3.8, 4) is 0 Å². The van der Waals surface area contributed by atoms with Gasteiger partial charge in [0, 0.05) is 44.7 Å². The van der Waals surface area contributed by atoms with Gasteiger partial charge in [-0.15, -0.1) is 0 Å². The van der Waals surface area contributed by atoms with Crippen LogP contribution >= 0.6 is 0 Å². The van der Waals surface area contributed by atoms with Gasteiger partial charge in [0.05, 0.1) is 4.90 Å². The third-order valence-electron chi connectivity index (χ3n) is 6.52.